The molecule has 0 radical (unpaired) electrons. The zero-order chi connectivity index (χ0) is 9.10. The average Bonchev–Trinajstić information content (AvgIpc) is 2.48. The molecule has 0 amide bonds. The van der Waals surface area contributed by atoms with E-state index in [0.29, 0.717) is 0 Å². The molecule has 1 heterocycles. The Labute approximate surface area is 90.3 Å². The van der Waals surface area contributed by atoms with Crippen molar-refractivity contribution in [1.29, 1.82) is 0 Å². The second kappa shape index (κ2) is 4.13. The van der Waals surface area contributed by atoms with Gasteiger partial charge in [0.25, 0.3) is 0 Å². The second-order valence-electron chi connectivity index (χ2n) is 4.37. The standard InChI is InChI=1S/C10H22IP/c1-3-5-8-12(11,4-2)9-6-7-10-12/h3-10H2,1-2H3. The van der Waals surface area contributed by atoms with E-state index in [0.717, 1.165) is 0 Å². The van der Waals surface area contributed by atoms with Crippen molar-refractivity contribution in [1.82, 2.24) is 0 Å². The predicted octanol–water partition coefficient (Wildman–Crippen LogP) is 4.50. The number of hydrogen-bond acceptors (Lipinski definition) is 0. The molecule has 0 atom stereocenters. The van der Waals surface area contributed by atoms with E-state index < -0.39 is 4.25 Å². The molecular formula is C10H22IP. The van der Waals surface area contributed by atoms with E-state index in [1.54, 1.807) is 18.5 Å². The second-order valence-corrected chi connectivity index (χ2v) is 18.2. The summed E-state index contributed by atoms with van der Waals surface area (Å²) < 4.78 is -1.12. The number of hydrogen-bond donors (Lipinski definition) is 0. The first-order chi connectivity index (χ1) is 5.63. The normalized spacial score (nSPS) is 29.4. The van der Waals surface area contributed by atoms with Crippen LogP contribution in [0.2, 0.25) is 0 Å². The fourth-order valence-electron chi connectivity index (χ4n) is 2.38. The van der Waals surface area contributed by atoms with Gasteiger partial charge < -0.3 is 0 Å². The first-order valence-corrected chi connectivity index (χ1v) is 11.1. The van der Waals surface area contributed by atoms with Crippen LogP contribution in [0.25, 0.3) is 0 Å². The topological polar surface area (TPSA) is 0 Å². The summed E-state index contributed by atoms with van der Waals surface area (Å²) in [6.45, 7) is 4.76. The summed E-state index contributed by atoms with van der Waals surface area (Å²) >= 11 is 2.92. The van der Waals surface area contributed by atoms with Gasteiger partial charge >= 0.3 is 90.5 Å². The van der Waals surface area contributed by atoms with E-state index in [1.807, 2.05) is 0 Å². The molecule has 12 heavy (non-hydrogen) atoms. The molecule has 1 fully saturated rings. The van der Waals surface area contributed by atoms with Gasteiger partial charge in [0, 0.05) is 0 Å². The Balaban J connectivity index is 2.59. The van der Waals surface area contributed by atoms with E-state index in [-0.39, 0.29) is 0 Å². The van der Waals surface area contributed by atoms with Gasteiger partial charge in [-0.1, -0.05) is 0 Å². The SMILES string of the molecule is CCCCP1(I)(CC)CCCC1. The van der Waals surface area contributed by atoms with Crippen molar-refractivity contribution in [3.05, 3.63) is 0 Å². The van der Waals surface area contributed by atoms with Crippen molar-refractivity contribution in [3.63, 3.8) is 0 Å². The average molecular weight is 300 g/mol. The van der Waals surface area contributed by atoms with Crippen LogP contribution in [0.4, 0.5) is 0 Å². The molecule has 1 saturated heterocycles. The van der Waals surface area contributed by atoms with Crippen LogP contribution in [0.15, 0.2) is 0 Å². The van der Waals surface area contributed by atoms with Crippen LogP contribution >= 0.6 is 26.3 Å². The molecule has 1 rings (SSSR count). The first kappa shape index (κ1) is 11.2. The minimum absolute atomic E-state index is 1.12. The van der Waals surface area contributed by atoms with Crippen molar-refractivity contribution in [2.75, 3.05) is 24.6 Å². The van der Waals surface area contributed by atoms with Crippen LogP contribution in [-0.2, 0) is 0 Å². The summed E-state index contributed by atoms with van der Waals surface area (Å²) in [4.78, 5) is 0. The van der Waals surface area contributed by atoms with Gasteiger partial charge in [0.1, 0.15) is 0 Å². The summed E-state index contributed by atoms with van der Waals surface area (Å²) in [5.74, 6) is 0. The van der Waals surface area contributed by atoms with Crippen molar-refractivity contribution >= 4 is 26.3 Å². The Morgan fingerprint density at radius 1 is 1.17 bits per heavy atom. The molecule has 1 aliphatic heterocycles. The van der Waals surface area contributed by atoms with Gasteiger partial charge in [-0.3, -0.25) is 0 Å². The molecule has 0 aliphatic carbocycles. The maximum atomic E-state index is 2.92. The van der Waals surface area contributed by atoms with Gasteiger partial charge in [-0.05, 0) is 0 Å². The monoisotopic (exact) mass is 300 g/mol. The molecule has 0 unspecified atom stereocenters. The van der Waals surface area contributed by atoms with Crippen LogP contribution < -0.4 is 0 Å². The summed E-state index contributed by atoms with van der Waals surface area (Å²) in [6, 6.07) is 0. The Morgan fingerprint density at radius 3 is 2.17 bits per heavy atom. The van der Waals surface area contributed by atoms with Crippen molar-refractivity contribution in [3.8, 4) is 0 Å². The fraction of sp³-hybridized carbons (Fsp3) is 1.00. The molecule has 0 bridgehead atoms. The summed E-state index contributed by atoms with van der Waals surface area (Å²) in [5.41, 5.74) is 0. The summed E-state index contributed by atoms with van der Waals surface area (Å²) in [5, 5.41) is 0. The molecule has 0 spiro atoms. The Hall–Kier alpha value is 1.16. The van der Waals surface area contributed by atoms with Gasteiger partial charge in [0.2, 0.25) is 0 Å². The molecule has 2 heteroatoms. The molecule has 0 N–H and O–H groups in total. The quantitative estimate of drug-likeness (QED) is 0.529. The van der Waals surface area contributed by atoms with Crippen LogP contribution in [-0.4, -0.2) is 24.6 Å². The summed E-state index contributed by atoms with van der Waals surface area (Å²) in [6.07, 6.45) is 12.2. The van der Waals surface area contributed by atoms with Crippen LogP contribution in [0, 0.1) is 0 Å². The van der Waals surface area contributed by atoms with Gasteiger partial charge in [0.15, 0.2) is 0 Å². The first-order valence-electron chi connectivity index (χ1n) is 5.35. The molecule has 0 nitrogen and oxygen atoms in total. The Kier molecular flexibility index (Phi) is 3.86. The van der Waals surface area contributed by atoms with Crippen molar-refractivity contribution < 1.29 is 0 Å². The van der Waals surface area contributed by atoms with Crippen LogP contribution in [0.1, 0.15) is 39.5 Å². The van der Waals surface area contributed by atoms with Gasteiger partial charge in [-0.25, -0.2) is 0 Å². The van der Waals surface area contributed by atoms with Crippen molar-refractivity contribution in [2.45, 2.75) is 39.5 Å². The molecule has 0 aromatic carbocycles. The third-order valence-corrected chi connectivity index (χ3v) is 15.8. The van der Waals surface area contributed by atoms with Gasteiger partial charge in [-0.15, -0.1) is 0 Å². The number of halogens is 1. The van der Waals surface area contributed by atoms with E-state index >= 15 is 0 Å². The Morgan fingerprint density at radius 2 is 1.75 bits per heavy atom. The fourth-order valence-corrected chi connectivity index (χ4v) is 10.2. The third kappa shape index (κ3) is 2.35. The maximum absolute atomic E-state index is 2.92. The molecule has 1 aliphatic rings. The molecule has 0 saturated carbocycles. The van der Waals surface area contributed by atoms with E-state index in [9.17, 15) is 0 Å². The van der Waals surface area contributed by atoms with Crippen LogP contribution in [0.5, 0.6) is 0 Å². The molecular weight excluding hydrogens is 278 g/mol. The molecule has 74 valence electrons. The van der Waals surface area contributed by atoms with E-state index in [2.05, 4.69) is 35.9 Å². The van der Waals surface area contributed by atoms with Gasteiger partial charge in [-0.2, -0.15) is 0 Å². The number of unbranched alkanes of at least 4 members (excludes halogenated alkanes) is 1. The zero-order valence-corrected chi connectivity index (χ0v) is 11.5. The van der Waals surface area contributed by atoms with E-state index in [4.69, 9.17) is 0 Å². The molecule has 0 aromatic heterocycles. The predicted molar refractivity (Wildman–Crippen MR) is 70.2 cm³/mol. The molecule has 0 aromatic rings. The van der Waals surface area contributed by atoms with Crippen molar-refractivity contribution in [2.24, 2.45) is 0 Å². The number of rotatable bonds is 4. The minimum atomic E-state index is -1.12. The Bertz CT molecular complexity index is 150. The summed E-state index contributed by atoms with van der Waals surface area (Å²) in [7, 11) is 0. The van der Waals surface area contributed by atoms with Gasteiger partial charge in [0.05, 0.1) is 0 Å². The van der Waals surface area contributed by atoms with Crippen LogP contribution in [0.3, 0.4) is 0 Å². The van der Waals surface area contributed by atoms with E-state index in [1.165, 1.54) is 31.8 Å². The third-order valence-electron chi connectivity index (χ3n) is 3.54. The zero-order valence-electron chi connectivity index (χ0n) is 8.48.